The summed E-state index contributed by atoms with van der Waals surface area (Å²) >= 11 is 1.70. The van der Waals surface area contributed by atoms with E-state index in [1.54, 1.807) is 11.3 Å². The number of benzene rings is 2. The van der Waals surface area contributed by atoms with Crippen molar-refractivity contribution >= 4 is 23.2 Å². The molecule has 59 heavy (non-hydrogen) atoms. The predicted octanol–water partition coefficient (Wildman–Crippen LogP) is 11.3. The normalized spacial score (nSPS) is 38.3. The number of amides is 1. The zero-order valence-electron chi connectivity index (χ0n) is 35.9. The number of aliphatic hydroxyl groups is 2. The summed E-state index contributed by atoms with van der Waals surface area (Å²) in [5.74, 6) is 1.51. The zero-order valence-corrected chi connectivity index (χ0v) is 36.7. The van der Waals surface area contributed by atoms with Crippen LogP contribution in [0.4, 0.5) is 4.79 Å². The molecule has 0 aliphatic heterocycles. The lowest BCUT2D eigenvalue weighted by Gasteiger charge is -2.71. The van der Waals surface area contributed by atoms with Gasteiger partial charge in [0.15, 0.2) is 5.78 Å². The van der Waals surface area contributed by atoms with Gasteiger partial charge in [-0.3, -0.25) is 4.79 Å². The van der Waals surface area contributed by atoms with Crippen molar-refractivity contribution in [2.75, 3.05) is 13.1 Å². The highest BCUT2D eigenvalue weighted by atomic mass is 32.1. The maximum atomic E-state index is 15.3. The number of rotatable bonds is 10. The lowest BCUT2D eigenvalue weighted by Crippen LogP contribution is -2.67. The van der Waals surface area contributed by atoms with E-state index in [-0.39, 0.29) is 41.8 Å². The van der Waals surface area contributed by atoms with Crippen LogP contribution in [0.2, 0.25) is 0 Å². The fourth-order valence-electron chi connectivity index (χ4n) is 13.9. The highest BCUT2D eigenvalue weighted by Gasteiger charge is 2.74. The van der Waals surface area contributed by atoms with Crippen LogP contribution in [0.15, 0.2) is 95.9 Å². The second-order valence-electron chi connectivity index (χ2n) is 20.6. The van der Waals surface area contributed by atoms with Gasteiger partial charge in [0.1, 0.15) is 6.10 Å². The summed E-state index contributed by atoms with van der Waals surface area (Å²) < 4.78 is 6.53. The number of aliphatic hydroxyl groups excluding tert-OH is 1. The maximum absolute atomic E-state index is 15.3. The molecule has 0 saturated heterocycles. The molecule has 1 amide bonds. The minimum absolute atomic E-state index is 0.00421. The summed E-state index contributed by atoms with van der Waals surface area (Å²) in [6.07, 6.45) is 15.3. The first-order chi connectivity index (χ1) is 28.2. The predicted molar refractivity (Wildman–Crippen MR) is 236 cm³/mol. The van der Waals surface area contributed by atoms with Gasteiger partial charge in [0.05, 0.1) is 18.2 Å². The van der Waals surface area contributed by atoms with Crippen LogP contribution in [0.1, 0.15) is 114 Å². The van der Waals surface area contributed by atoms with Gasteiger partial charge in [-0.1, -0.05) is 120 Å². The number of fused-ring (bicyclic) bond motifs is 1. The number of carbonyl (C=O) groups is 2. The molecule has 6 nitrogen and oxygen atoms in total. The monoisotopic (exact) mass is 815 g/mol. The topological polar surface area (TPSA) is 87.1 Å². The number of hydrogen-bond donors (Lipinski definition) is 2. The van der Waals surface area contributed by atoms with Gasteiger partial charge < -0.3 is 19.8 Å². The lowest BCUT2D eigenvalue weighted by molar-refractivity contribution is -0.175. The number of nitrogens with zero attached hydrogens (tertiary/aromatic N) is 1. The van der Waals surface area contributed by atoms with Gasteiger partial charge in [-0.2, -0.15) is 0 Å². The molecule has 2 aromatic carbocycles. The van der Waals surface area contributed by atoms with Crippen LogP contribution >= 0.6 is 11.3 Å². The third-order valence-electron chi connectivity index (χ3n) is 17.3. The summed E-state index contributed by atoms with van der Waals surface area (Å²) in [7, 11) is 0. The molecule has 2 N–H and O–H groups in total. The van der Waals surface area contributed by atoms with Gasteiger partial charge >= 0.3 is 6.09 Å². The molecule has 7 aliphatic carbocycles. The van der Waals surface area contributed by atoms with E-state index in [4.69, 9.17) is 4.74 Å². The molecule has 1 aromatic heterocycles. The Morgan fingerprint density at radius 1 is 0.864 bits per heavy atom. The van der Waals surface area contributed by atoms with Crippen molar-refractivity contribution in [1.82, 2.24) is 4.90 Å². The Hall–Kier alpha value is -3.52. The van der Waals surface area contributed by atoms with E-state index in [0.717, 1.165) is 68.1 Å². The lowest BCUT2D eigenvalue weighted by atomic mass is 9.32. The molecule has 3 aromatic rings. The van der Waals surface area contributed by atoms with E-state index in [1.807, 2.05) is 35.2 Å². The molecule has 7 aliphatic rings. The summed E-state index contributed by atoms with van der Waals surface area (Å²) in [6, 6.07) is 22.5. The first kappa shape index (κ1) is 40.9. The first-order valence-corrected chi connectivity index (χ1v) is 23.6. The van der Waals surface area contributed by atoms with Gasteiger partial charge in [-0.15, -0.1) is 11.3 Å². The van der Waals surface area contributed by atoms with Crippen LogP contribution in [0.25, 0.3) is 11.1 Å². The smallest absolute Gasteiger partial charge is 0.410 e. The molecule has 4 saturated carbocycles. The second-order valence-corrected chi connectivity index (χ2v) is 21.6. The van der Waals surface area contributed by atoms with E-state index in [1.165, 1.54) is 4.88 Å². The third-order valence-corrected chi connectivity index (χ3v) is 18.3. The Kier molecular flexibility index (Phi) is 10.5. The third kappa shape index (κ3) is 6.54. The summed E-state index contributed by atoms with van der Waals surface area (Å²) in [5, 5.41) is 26.6. The number of hydrogen-bond acceptors (Lipinski definition) is 6. The Morgan fingerprint density at radius 3 is 2.31 bits per heavy atom. The molecule has 0 radical (unpaired) electrons. The molecule has 2 spiro atoms. The molecule has 7 heteroatoms. The first-order valence-electron chi connectivity index (χ1n) is 22.7. The zero-order chi connectivity index (χ0) is 41.4. The van der Waals surface area contributed by atoms with Crippen molar-refractivity contribution in [3.8, 4) is 11.1 Å². The highest BCUT2D eigenvalue weighted by molar-refractivity contribution is 7.09. The van der Waals surface area contributed by atoms with Crippen LogP contribution in [-0.4, -0.2) is 57.9 Å². The van der Waals surface area contributed by atoms with Crippen molar-refractivity contribution < 1.29 is 24.5 Å². The number of allylic oxidation sites excluding steroid dienone is 4. The van der Waals surface area contributed by atoms with E-state index >= 15 is 4.79 Å². The number of ketones is 1. The average Bonchev–Trinajstić information content (AvgIpc) is 3.85. The van der Waals surface area contributed by atoms with Gasteiger partial charge in [-0.25, -0.2) is 4.79 Å². The van der Waals surface area contributed by atoms with Crippen LogP contribution in [0.5, 0.6) is 0 Å². The van der Waals surface area contributed by atoms with E-state index < -0.39 is 27.9 Å². The van der Waals surface area contributed by atoms with Crippen molar-refractivity contribution in [3.05, 3.63) is 106 Å². The van der Waals surface area contributed by atoms with Crippen LogP contribution in [0.3, 0.4) is 0 Å². The maximum Gasteiger partial charge on any atom is 0.410 e. The van der Waals surface area contributed by atoms with Crippen molar-refractivity contribution in [3.63, 3.8) is 0 Å². The molecule has 11 atom stereocenters. The fourth-order valence-corrected chi connectivity index (χ4v) is 14.6. The second kappa shape index (κ2) is 15.1. The number of thiophene rings is 1. The fraction of sp³-hybridized carbons (Fsp3) is 0.577. The van der Waals surface area contributed by atoms with E-state index in [0.29, 0.717) is 49.1 Å². The largest absolute Gasteiger partial charge is 0.446 e. The molecule has 10 rings (SSSR count). The number of Topliss-reactive ketones (excluding diaryl/α,β-unsaturated/α-hetero) is 1. The summed E-state index contributed by atoms with van der Waals surface area (Å²) in [6.45, 7) is 12.1. The standard InChI is InChI=1S/C52H65NO5S/c1-34(2)41-18-13-35(3)30-43(41)58-47(56)53(28-22-40-12-9-29-59-40)33-51(57)25-21-45-49(51,5)24-20-44-48(4)23-19-39(54)31-50(48)26-27-52(44,45)42(32-50)46(55)38-16-14-37(15-17-38)36-10-7-6-8-11-36/h6-12,14-17,26-27,29,32,34-35,39,41,43-45,54,57H,13,18-25,28,30-31,33H2,1-5H3/t35-,39?,41+,43-,44+,45+,48+,49-,50-,51+,52+/m0/s1. The Bertz CT molecular complexity index is 2090. The molecular formula is C52H65NO5S. The molecule has 2 bridgehead atoms. The summed E-state index contributed by atoms with van der Waals surface area (Å²) in [5.41, 5.74) is 0.895. The minimum Gasteiger partial charge on any atom is -0.446 e. The minimum atomic E-state index is -1.17. The van der Waals surface area contributed by atoms with Crippen molar-refractivity contribution in [1.29, 1.82) is 0 Å². The van der Waals surface area contributed by atoms with Crippen LogP contribution < -0.4 is 0 Å². The van der Waals surface area contributed by atoms with E-state index in [2.05, 4.69) is 94.6 Å². The SMILES string of the molecule is CC(C)[C@H]1CC[C@H](C)C[C@@H]1OC(=O)N(CCc1cccs1)C[C@]1(O)CC[C@H]2[C@]34C=C[C@@]5(C=C3C(=O)c3ccc(-c6ccccc6)cc3)CC(O)CC[C@]5(C)[C@H]4CC[C@@]21C. The van der Waals surface area contributed by atoms with Crippen molar-refractivity contribution in [2.45, 2.75) is 123 Å². The Labute approximate surface area is 356 Å². The summed E-state index contributed by atoms with van der Waals surface area (Å²) in [4.78, 5) is 32.9. The van der Waals surface area contributed by atoms with Gasteiger partial charge in [0.2, 0.25) is 0 Å². The molecule has 314 valence electrons. The Morgan fingerprint density at radius 2 is 1.58 bits per heavy atom. The highest BCUT2D eigenvalue weighted by Crippen LogP contribution is 2.78. The van der Waals surface area contributed by atoms with Crippen molar-refractivity contribution in [2.24, 2.45) is 51.2 Å². The quantitative estimate of drug-likeness (QED) is 0.157. The Balaban J connectivity index is 1.07. The molecule has 1 unspecified atom stereocenters. The molecular weight excluding hydrogens is 751 g/mol. The average molecular weight is 816 g/mol. The van der Waals surface area contributed by atoms with E-state index in [9.17, 15) is 15.0 Å². The molecule has 4 fully saturated rings. The van der Waals surface area contributed by atoms with Crippen LogP contribution in [0, 0.1) is 51.2 Å². The van der Waals surface area contributed by atoms with Gasteiger partial charge in [0.25, 0.3) is 0 Å². The number of carbonyl (C=O) groups excluding carboxylic acids is 2. The molecule has 1 heterocycles. The number of ether oxygens (including phenoxy) is 1. The van der Waals surface area contributed by atoms with Gasteiger partial charge in [0, 0.05) is 38.8 Å². The van der Waals surface area contributed by atoms with Gasteiger partial charge in [-0.05, 0) is 122 Å². The van der Waals surface area contributed by atoms with Crippen LogP contribution in [-0.2, 0) is 11.2 Å².